The number of rotatable bonds is 8. The minimum Gasteiger partial charge on any atom is -0.457 e. The standard InChI is InChI=1S/C22H19ClN2O2S/c23-21-9-5-4-6-18(21)15-28-16-22(26)25-24-14-17-10-12-20(13-11-17)27-19-7-2-1-3-8-19/h1-14H,15-16H2,(H,25,26)/b24-14-. The molecule has 0 bridgehead atoms. The van der Waals surface area contributed by atoms with Crippen molar-refractivity contribution >= 4 is 35.5 Å². The van der Waals surface area contributed by atoms with Crippen molar-refractivity contribution in [2.75, 3.05) is 5.75 Å². The number of para-hydroxylation sites is 1. The van der Waals surface area contributed by atoms with Crippen molar-refractivity contribution in [3.63, 3.8) is 0 Å². The van der Waals surface area contributed by atoms with E-state index < -0.39 is 0 Å². The summed E-state index contributed by atoms with van der Waals surface area (Å²) in [7, 11) is 0. The Morgan fingerprint density at radius 2 is 1.64 bits per heavy atom. The SMILES string of the molecule is O=C(CSCc1ccccc1Cl)N/N=C\c1ccc(Oc2ccccc2)cc1. The van der Waals surface area contributed by atoms with Crippen LogP contribution in [-0.2, 0) is 10.5 Å². The third kappa shape index (κ3) is 6.44. The summed E-state index contributed by atoms with van der Waals surface area (Å²) in [5, 5.41) is 4.71. The van der Waals surface area contributed by atoms with E-state index in [1.165, 1.54) is 11.8 Å². The summed E-state index contributed by atoms with van der Waals surface area (Å²) < 4.78 is 5.74. The van der Waals surface area contributed by atoms with Gasteiger partial charge in [-0.1, -0.05) is 48.0 Å². The summed E-state index contributed by atoms with van der Waals surface area (Å²) >= 11 is 7.59. The van der Waals surface area contributed by atoms with Gasteiger partial charge in [-0.3, -0.25) is 4.79 Å². The number of amides is 1. The zero-order chi connectivity index (χ0) is 19.6. The van der Waals surface area contributed by atoms with Crippen LogP contribution in [0.1, 0.15) is 11.1 Å². The molecule has 0 atom stereocenters. The summed E-state index contributed by atoms with van der Waals surface area (Å²) in [5.41, 5.74) is 4.41. The number of hydrogen-bond donors (Lipinski definition) is 1. The number of ether oxygens (including phenoxy) is 1. The van der Waals surface area contributed by atoms with Gasteiger partial charge in [-0.15, -0.1) is 11.8 Å². The van der Waals surface area contributed by atoms with Gasteiger partial charge < -0.3 is 4.74 Å². The highest BCUT2D eigenvalue weighted by Gasteiger charge is 2.03. The van der Waals surface area contributed by atoms with Crippen molar-refractivity contribution in [2.24, 2.45) is 5.10 Å². The second-order valence-electron chi connectivity index (χ2n) is 5.86. The van der Waals surface area contributed by atoms with E-state index in [1.54, 1.807) is 6.21 Å². The maximum Gasteiger partial charge on any atom is 0.250 e. The Balaban J connectivity index is 1.41. The molecular weight excluding hydrogens is 392 g/mol. The topological polar surface area (TPSA) is 50.7 Å². The van der Waals surface area contributed by atoms with Crippen molar-refractivity contribution in [3.8, 4) is 11.5 Å². The smallest absolute Gasteiger partial charge is 0.250 e. The average Bonchev–Trinajstić information content (AvgIpc) is 2.72. The molecule has 1 amide bonds. The molecule has 0 fully saturated rings. The van der Waals surface area contributed by atoms with Crippen molar-refractivity contribution in [3.05, 3.63) is 95.0 Å². The lowest BCUT2D eigenvalue weighted by Gasteiger charge is -2.05. The molecule has 28 heavy (non-hydrogen) atoms. The van der Waals surface area contributed by atoms with Gasteiger partial charge >= 0.3 is 0 Å². The zero-order valence-electron chi connectivity index (χ0n) is 15.0. The Morgan fingerprint density at radius 3 is 2.39 bits per heavy atom. The first-order valence-corrected chi connectivity index (χ1v) is 10.2. The second-order valence-corrected chi connectivity index (χ2v) is 7.25. The fraction of sp³-hybridized carbons (Fsp3) is 0.0909. The first kappa shape index (κ1) is 20.0. The molecule has 3 aromatic carbocycles. The largest absolute Gasteiger partial charge is 0.457 e. The van der Waals surface area contributed by atoms with E-state index in [4.69, 9.17) is 16.3 Å². The number of nitrogens with one attached hydrogen (secondary N) is 1. The Labute approximate surface area is 173 Å². The number of thioether (sulfide) groups is 1. The van der Waals surface area contributed by atoms with E-state index in [0.717, 1.165) is 22.6 Å². The van der Waals surface area contributed by atoms with E-state index >= 15 is 0 Å². The molecule has 142 valence electrons. The molecule has 0 saturated heterocycles. The summed E-state index contributed by atoms with van der Waals surface area (Å²) in [6.07, 6.45) is 1.60. The lowest BCUT2D eigenvalue weighted by molar-refractivity contribution is -0.118. The Morgan fingerprint density at radius 1 is 0.964 bits per heavy atom. The molecule has 1 N–H and O–H groups in total. The van der Waals surface area contributed by atoms with Gasteiger partial charge in [-0.05, 0) is 53.6 Å². The molecule has 6 heteroatoms. The van der Waals surface area contributed by atoms with E-state index in [1.807, 2.05) is 78.9 Å². The van der Waals surface area contributed by atoms with Crippen molar-refractivity contribution in [2.45, 2.75) is 5.75 Å². The number of carbonyl (C=O) groups excluding carboxylic acids is 1. The van der Waals surface area contributed by atoms with E-state index in [9.17, 15) is 4.79 Å². The van der Waals surface area contributed by atoms with E-state index in [2.05, 4.69) is 10.5 Å². The van der Waals surface area contributed by atoms with Crippen LogP contribution >= 0.6 is 23.4 Å². The predicted octanol–water partition coefficient (Wildman–Crippen LogP) is 5.52. The van der Waals surface area contributed by atoms with Crippen LogP contribution in [0.5, 0.6) is 11.5 Å². The lowest BCUT2D eigenvalue weighted by Crippen LogP contribution is -2.19. The third-order valence-corrected chi connectivity index (χ3v) is 5.06. The molecule has 3 rings (SSSR count). The first-order chi connectivity index (χ1) is 13.7. The molecule has 0 spiro atoms. The van der Waals surface area contributed by atoms with Crippen LogP contribution in [0, 0.1) is 0 Å². The van der Waals surface area contributed by atoms with Gasteiger partial charge in [0.25, 0.3) is 0 Å². The summed E-state index contributed by atoms with van der Waals surface area (Å²) in [6.45, 7) is 0. The number of hydrogen-bond acceptors (Lipinski definition) is 4. The van der Waals surface area contributed by atoms with Gasteiger partial charge in [0.15, 0.2) is 0 Å². The van der Waals surface area contributed by atoms with Crippen LogP contribution in [0.25, 0.3) is 0 Å². The summed E-state index contributed by atoms with van der Waals surface area (Å²) in [5.74, 6) is 2.36. The minimum atomic E-state index is -0.155. The van der Waals surface area contributed by atoms with Crippen LogP contribution in [-0.4, -0.2) is 17.9 Å². The van der Waals surface area contributed by atoms with Crippen molar-refractivity contribution in [1.29, 1.82) is 0 Å². The Bertz CT molecular complexity index is 931. The maximum absolute atomic E-state index is 11.9. The first-order valence-electron chi connectivity index (χ1n) is 8.67. The molecule has 0 saturated carbocycles. The van der Waals surface area contributed by atoms with Gasteiger partial charge in [-0.25, -0.2) is 5.43 Å². The van der Waals surface area contributed by atoms with Crippen LogP contribution in [0.15, 0.2) is 84.0 Å². The van der Waals surface area contributed by atoms with Crippen LogP contribution in [0.3, 0.4) is 0 Å². The summed E-state index contributed by atoms with van der Waals surface area (Å²) in [6, 6.07) is 24.7. The number of carbonyl (C=O) groups is 1. The molecule has 0 unspecified atom stereocenters. The molecule has 0 aromatic heterocycles. The average molecular weight is 411 g/mol. The highest BCUT2D eigenvalue weighted by atomic mass is 35.5. The molecule has 0 aliphatic rings. The van der Waals surface area contributed by atoms with Crippen molar-refractivity contribution in [1.82, 2.24) is 5.43 Å². The zero-order valence-corrected chi connectivity index (χ0v) is 16.6. The van der Waals surface area contributed by atoms with Gasteiger partial charge in [-0.2, -0.15) is 5.10 Å². The maximum atomic E-state index is 11.9. The normalized spacial score (nSPS) is 10.8. The second kappa shape index (κ2) is 10.5. The van der Waals surface area contributed by atoms with Gasteiger partial charge in [0.2, 0.25) is 5.91 Å². The molecule has 0 aliphatic carbocycles. The van der Waals surface area contributed by atoms with Gasteiger partial charge in [0.1, 0.15) is 11.5 Å². The van der Waals surface area contributed by atoms with Crippen molar-refractivity contribution < 1.29 is 9.53 Å². The molecule has 3 aromatic rings. The Hall–Kier alpha value is -2.76. The molecule has 4 nitrogen and oxygen atoms in total. The third-order valence-electron chi connectivity index (χ3n) is 3.71. The fourth-order valence-corrected chi connectivity index (χ4v) is 3.43. The lowest BCUT2D eigenvalue weighted by atomic mass is 10.2. The molecule has 0 radical (unpaired) electrons. The highest BCUT2D eigenvalue weighted by Crippen LogP contribution is 2.21. The van der Waals surface area contributed by atoms with Gasteiger partial charge in [0.05, 0.1) is 12.0 Å². The number of benzene rings is 3. The molecular formula is C22H19ClN2O2S. The van der Waals surface area contributed by atoms with Crippen LogP contribution in [0.2, 0.25) is 5.02 Å². The predicted molar refractivity (Wildman–Crippen MR) is 116 cm³/mol. The Kier molecular flexibility index (Phi) is 7.53. The number of hydrazone groups is 1. The van der Waals surface area contributed by atoms with E-state index in [0.29, 0.717) is 16.5 Å². The van der Waals surface area contributed by atoms with Crippen LogP contribution < -0.4 is 10.2 Å². The minimum absolute atomic E-state index is 0.155. The highest BCUT2D eigenvalue weighted by molar-refractivity contribution is 7.99. The van der Waals surface area contributed by atoms with E-state index in [-0.39, 0.29) is 5.91 Å². The fourth-order valence-electron chi connectivity index (χ4n) is 2.33. The quantitative estimate of drug-likeness (QED) is 0.393. The monoisotopic (exact) mass is 410 g/mol. The van der Waals surface area contributed by atoms with Crippen LogP contribution in [0.4, 0.5) is 0 Å². The number of halogens is 1. The summed E-state index contributed by atoms with van der Waals surface area (Å²) in [4.78, 5) is 11.9. The molecule has 0 aliphatic heterocycles. The molecule has 0 heterocycles. The number of nitrogens with zero attached hydrogens (tertiary/aromatic N) is 1. The van der Waals surface area contributed by atoms with Gasteiger partial charge in [0, 0.05) is 10.8 Å².